The number of hydrogen-bond donors (Lipinski definition) is 0. The molecular formula is C17H25F3O2. The highest BCUT2D eigenvalue weighted by molar-refractivity contribution is 5.76. The Balaban J connectivity index is 1.78. The molecule has 2 aliphatic rings. The SMILES string of the molecule is CCCC1CCC(C2CC=C(OC(=O)C(F)(F)F)CC2)CC1. The second-order valence-corrected chi connectivity index (χ2v) is 6.66. The number of rotatable bonds is 4. The van der Waals surface area contributed by atoms with Crippen molar-refractivity contribution in [1.82, 2.24) is 0 Å². The molecule has 2 rings (SSSR count). The minimum Gasteiger partial charge on any atom is -0.425 e. The maximum absolute atomic E-state index is 12.2. The lowest BCUT2D eigenvalue weighted by molar-refractivity contribution is -0.195. The molecule has 0 radical (unpaired) electrons. The third kappa shape index (κ3) is 4.75. The van der Waals surface area contributed by atoms with Crippen molar-refractivity contribution in [3.8, 4) is 0 Å². The van der Waals surface area contributed by atoms with Crippen molar-refractivity contribution in [3.05, 3.63) is 11.8 Å². The summed E-state index contributed by atoms with van der Waals surface area (Å²) in [6.45, 7) is 2.22. The van der Waals surface area contributed by atoms with E-state index in [2.05, 4.69) is 11.7 Å². The van der Waals surface area contributed by atoms with Crippen molar-refractivity contribution in [2.24, 2.45) is 17.8 Å². The van der Waals surface area contributed by atoms with Crippen LogP contribution < -0.4 is 0 Å². The fraction of sp³-hybridized carbons (Fsp3) is 0.824. The summed E-state index contributed by atoms with van der Waals surface area (Å²) in [5.41, 5.74) is 0. The summed E-state index contributed by atoms with van der Waals surface area (Å²) in [6.07, 6.45) is 6.41. The molecule has 0 aromatic carbocycles. The average Bonchev–Trinajstić information content (AvgIpc) is 2.48. The Morgan fingerprint density at radius 1 is 1.18 bits per heavy atom. The monoisotopic (exact) mass is 318 g/mol. The van der Waals surface area contributed by atoms with Gasteiger partial charge in [0.1, 0.15) is 5.76 Å². The van der Waals surface area contributed by atoms with Gasteiger partial charge in [-0.25, -0.2) is 4.79 Å². The molecule has 0 aromatic heterocycles. The predicted molar refractivity (Wildman–Crippen MR) is 77.9 cm³/mol. The third-order valence-electron chi connectivity index (χ3n) is 5.12. The number of carbonyl (C=O) groups is 1. The Morgan fingerprint density at radius 2 is 1.86 bits per heavy atom. The first-order valence-electron chi connectivity index (χ1n) is 8.38. The van der Waals surface area contributed by atoms with Gasteiger partial charge in [0.2, 0.25) is 0 Å². The number of hydrogen-bond acceptors (Lipinski definition) is 2. The Morgan fingerprint density at radius 3 is 2.36 bits per heavy atom. The summed E-state index contributed by atoms with van der Waals surface area (Å²) < 4.78 is 40.9. The quantitative estimate of drug-likeness (QED) is 0.650. The van der Waals surface area contributed by atoms with Crippen LogP contribution in [-0.2, 0) is 9.53 Å². The van der Waals surface area contributed by atoms with E-state index in [0.29, 0.717) is 18.3 Å². The van der Waals surface area contributed by atoms with Gasteiger partial charge >= 0.3 is 12.1 Å². The average molecular weight is 318 g/mol. The van der Waals surface area contributed by atoms with Crippen LogP contribution in [0.4, 0.5) is 13.2 Å². The van der Waals surface area contributed by atoms with Crippen molar-refractivity contribution in [3.63, 3.8) is 0 Å². The molecule has 1 atom stereocenters. The summed E-state index contributed by atoms with van der Waals surface area (Å²) in [6, 6.07) is 0. The van der Waals surface area contributed by atoms with Crippen LogP contribution in [0, 0.1) is 17.8 Å². The Bertz CT molecular complexity index is 407. The van der Waals surface area contributed by atoms with Crippen LogP contribution in [0.3, 0.4) is 0 Å². The lowest BCUT2D eigenvalue weighted by Crippen LogP contribution is -2.27. The zero-order valence-corrected chi connectivity index (χ0v) is 13.1. The molecule has 5 heteroatoms. The van der Waals surface area contributed by atoms with Gasteiger partial charge in [-0.3, -0.25) is 0 Å². The highest BCUT2D eigenvalue weighted by Crippen LogP contribution is 2.40. The van der Waals surface area contributed by atoms with E-state index in [1.807, 2.05) is 0 Å². The van der Waals surface area contributed by atoms with Crippen LogP contribution in [0.2, 0.25) is 0 Å². The number of alkyl halides is 3. The molecular weight excluding hydrogens is 293 g/mol. The van der Waals surface area contributed by atoms with Crippen molar-refractivity contribution >= 4 is 5.97 Å². The second-order valence-electron chi connectivity index (χ2n) is 6.66. The lowest BCUT2D eigenvalue weighted by atomic mass is 9.71. The van der Waals surface area contributed by atoms with Gasteiger partial charge in [-0.1, -0.05) is 32.6 Å². The van der Waals surface area contributed by atoms with Gasteiger partial charge in [-0.15, -0.1) is 0 Å². The Hall–Kier alpha value is -1.00. The van der Waals surface area contributed by atoms with Crippen LogP contribution in [0.15, 0.2) is 11.8 Å². The maximum Gasteiger partial charge on any atom is 0.491 e. The zero-order valence-electron chi connectivity index (χ0n) is 13.1. The van der Waals surface area contributed by atoms with E-state index >= 15 is 0 Å². The first-order valence-corrected chi connectivity index (χ1v) is 8.38. The van der Waals surface area contributed by atoms with Gasteiger partial charge in [0, 0.05) is 6.42 Å². The molecule has 0 N–H and O–H groups in total. The zero-order chi connectivity index (χ0) is 16.2. The predicted octanol–water partition coefficient (Wildman–Crippen LogP) is 5.38. The van der Waals surface area contributed by atoms with Crippen molar-refractivity contribution < 1.29 is 22.7 Å². The molecule has 2 nitrogen and oxygen atoms in total. The largest absolute Gasteiger partial charge is 0.491 e. The van der Waals surface area contributed by atoms with E-state index in [-0.39, 0.29) is 5.76 Å². The molecule has 1 fully saturated rings. The van der Waals surface area contributed by atoms with E-state index in [9.17, 15) is 18.0 Å². The summed E-state index contributed by atoms with van der Waals surface area (Å²) in [5, 5.41) is 0. The fourth-order valence-corrected chi connectivity index (χ4v) is 3.88. The normalized spacial score (nSPS) is 29.8. The summed E-state index contributed by atoms with van der Waals surface area (Å²) in [5.74, 6) is 0.180. The highest BCUT2D eigenvalue weighted by atomic mass is 19.4. The van der Waals surface area contributed by atoms with Crippen molar-refractivity contribution in [2.75, 3.05) is 0 Å². The fourth-order valence-electron chi connectivity index (χ4n) is 3.88. The van der Waals surface area contributed by atoms with Gasteiger partial charge in [-0.05, 0) is 49.5 Å². The van der Waals surface area contributed by atoms with Crippen molar-refractivity contribution in [2.45, 2.75) is 70.9 Å². The molecule has 0 spiro atoms. The van der Waals surface area contributed by atoms with Gasteiger partial charge in [0.15, 0.2) is 0 Å². The molecule has 22 heavy (non-hydrogen) atoms. The topological polar surface area (TPSA) is 26.3 Å². The minimum atomic E-state index is -4.91. The number of halogens is 3. The molecule has 0 aromatic rings. The molecule has 0 saturated heterocycles. The molecule has 0 bridgehead atoms. The third-order valence-corrected chi connectivity index (χ3v) is 5.12. The van der Waals surface area contributed by atoms with E-state index in [1.54, 1.807) is 6.08 Å². The highest BCUT2D eigenvalue weighted by Gasteiger charge is 2.42. The van der Waals surface area contributed by atoms with E-state index in [4.69, 9.17) is 0 Å². The number of esters is 1. The summed E-state index contributed by atoms with van der Waals surface area (Å²) >= 11 is 0. The van der Waals surface area contributed by atoms with Crippen molar-refractivity contribution in [1.29, 1.82) is 0 Å². The molecule has 0 heterocycles. The van der Waals surface area contributed by atoms with Crippen LogP contribution in [0.25, 0.3) is 0 Å². The van der Waals surface area contributed by atoms with Crippen LogP contribution in [0.5, 0.6) is 0 Å². The smallest absolute Gasteiger partial charge is 0.425 e. The standard InChI is InChI=1S/C17H25F3O2/c1-2-3-12-4-6-13(7-5-12)14-8-10-15(11-9-14)22-16(21)17(18,19)20/h10,12-14H,2-9,11H2,1H3. The first-order chi connectivity index (χ1) is 10.4. The molecule has 1 saturated carbocycles. The first kappa shape index (κ1) is 17.4. The lowest BCUT2D eigenvalue weighted by Gasteiger charge is -2.35. The van der Waals surface area contributed by atoms with E-state index in [1.165, 1.54) is 38.5 Å². The molecule has 126 valence electrons. The van der Waals surface area contributed by atoms with Crippen LogP contribution in [-0.4, -0.2) is 12.1 Å². The minimum absolute atomic E-state index is 0.193. The summed E-state index contributed by atoms with van der Waals surface area (Å²) in [4.78, 5) is 10.8. The molecule has 2 aliphatic carbocycles. The van der Waals surface area contributed by atoms with Gasteiger partial charge in [0.05, 0.1) is 0 Å². The van der Waals surface area contributed by atoms with E-state index in [0.717, 1.165) is 18.8 Å². The van der Waals surface area contributed by atoms with Gasteiger partial charge in [-0.2, -0.15) is 13.2 Å². The number of ether oxygens (including phenoxy) is 1. The summed E-state index contributed by atoms with van der Waals surface area (Å²) in [7, 11) is 0. The Labute approximate surface area is 130 Å². The molecule has 0 amide bonds. The number of allylic oxidation sites excluding steroid dienone is 2. The van der Waals surface area contributed by atoms with E-state index < -0.39 is 12.1 Å². The number of carbonyl (C=O) groups excluding carboxylic acids is 1. The van der Waals surface area contributed by atoms with Crippen LogP contribution >= 0.6 is 0 Å². The van der Waals surface area contributed by atoms with Crippen LogP contribution in [0.1, 0.15) is 64.7 Å². The molecule has 1 unspecified atom stereocenters. The van der Waals surface area contributed by atoms with Gasteiger partial charge in [0.25, 0.3) is 0 Å². The van der Waals surface area contributed by atoms with Gasteiger partial charge < -0.3 is 4.74 Å². The maximum atomic E-state index is 12.2. The second kappa shape index (κ2) is 7.51. The Kier molecular flexibility index (Phi) is 5.93. The molecule has 0 aliphatic heterocycles.